The van der Waals surface area contributed by atoms with Crippen molar-refractivity contribution in [2.45, 2.75) is 13.5 Å². The topological polar surface area (TPSA) is 66.0 Å². The molecule has 0 atom stereocenters. The van der Waals surface area contributed by atoms with Gasteiger partial charge in [0.25, 0.3) is 0 Å². The highest BCUT2D eigenvalue weighted by molar-refractivity contribution is 7.16. The Bertz CT molecular complexity index is 588. The highest BCUT2D eigenvalue weighted by Gasteiger charge is 2.05. The van der Waals surface area contributed by atoms with Crippen LogP contribution in [0, 0.1) is 0 Å². The maximum Gasteiger partial charge on any atom is 0.309 e. The molecule has 0 fully saturated rings. The zero-order chi connectivity index (χ0) is 10.7. The summed E-state index contributed by atoms with van der Waals surface area (Å²) < 4.78 is 3.17. The summed E-state index contributed by atoms with van der Waals surface area (Å²) in [6.45, 7) is 2.85. The van der Waals surface area contributed by atoms with Gasteiger partial charge in [-0.15, -0.1) is 5.53 Å². The molecule has 0 bridgehead atoms. The van der Waals surface area contributed by atoms with E-state index in [0.29, 0.717) is 0 Å². The van der Waals surface area contributed by atoms with Gasteiger partial charge in [0.2, 0.25) is 0 Å². The summed E-state index contributed by atoms with van der Waals surface area (Å²) in [4.78, 5) is 3.36. The molecule has 0 aliphatic heterocycles. The van der Waals surface area contributed by atoms with E-state index in [2.05, 4.69) is 15.2 Å². The van der Waals surface area contributed by atoms with Gasteiger partial charge in [0.1, 0.15) is 0 Å². The number of fused-ring (bicyclic) bond motifs is 1. The second-order valence-electron chi connectivity index (χ2n) is 2.88. The molecule has 0 aliphatic rings. The maximum atomic E-state index is 8.23. The molecular formula is C9H9N5S. The molecule has 0 radical (unpaired) electrons. The molecule has 2 aromatic rings. The number of hydrogen-bond donors (Lipinski definition) is 0. The van der Waals surface area contributed by atoms with E-state index in [4.69, 9.17) is 5.53 Å². The second kappa shape index (κ2) is 4.16. The monoisotopic (exact) mass is 219 g/mol. The van der Waals surface area contributed by atoms with Gasteiger partial charge in [0.05, 0.1) is 10.2 Å². The lowest BCUT2D eigenvalue weighted by Crippen LogP contribution is -2.12. The fraction of sp³-hybridized carbons (Fsp3) is 0.222. The minimum atomic E-state index is 0.733. The molecule has 76 valence electrons. The van der Waals surface area contributed by atoms with Gasteiger partial charge >= 0.3 is 4.80 Å². The Kier molecular flexibility index (Phi) is 2.71. The van der Waals surface area contributed by atoms with Crippen molar-refractivity contribution in [3.05, 3.63) is 39.5 Å². The first-order valence-corrected chi connectivity index (χ1v) is 5.35. The van der Waals surface area contributed by atoms with E-state index in [9.17, 15) is 0 Å². The summed E-state index contributed by atoms with van der Waals surface area (Å²) in [5, 5.41) is 7.06. The van der Waals surface area contributed by atoms with Gasteiger partial charge in [0, 0.05) is 16.9 Å². The van der Waals surface area contributed by atoms with Crippen LogP contribution in [0.4, 0.5) is 0 Å². The first-order chi connectivity index (χ1) is 7.36. The molecule has 0 saturated carbocycles. The maximum absolute atomic E-state index is 8.23. The number of hydrogen-bond acceptors (Lipinski definition) is 2. The van der Waals surface area contributed by atoms with Crippen LogP contribution in [-0.4, -0.2) is 4.57 Å². The van der Waals surface area contributed by atoms with Crippen molar-refractivity contribution in [3.63, 3.8) is 0 Å². The van der Waals surface area contributed by atoms with Gasteiger partial charge in [-0.25, -0.2) is 0 Å². The summed E-state index contributed by atoms with van der Waals surface area (Å²) in [7, 11) is 0. The van der Waals surface area contributed by atoms with Crippen molar-refractivity contribution in [2.75, 3.05) is 0 Å². The van der Waals surface area contributed by atoms with Crippen LogP contribution in [0.25, 0.3) is 20.7 Å². The molecule has 15 heavy (non-hydrogen) atoms. The number of thiazole rings is 1. The third-order valence-corrected chi connectivity index (χ3v) is 3.12. The van der Waals surface area contributed by atoms with Gasteiger partial charge in [-0.3, -0.25) is 4.57 Å². The van der Waals surface area contributed by atoms with Crippen molar-refractivity contribution in [1.29, 1.82) is 0 Å². The van der Waals surface area contributed by atoms with Crippen LogP contribution in [0.15, 0.2) is 34.6 Å². The lowest BCUT2D eigenvalue weighted by molar-refractivity contribution is 0.755. The van der Waals surface area contributed by atoms with E-state index in [0.717, 1.165) is 21.6 Å². The van der Waals surface area contributed by atoms with Crippen LogP contribution >= 0.6 is 11.3 Å². The molecule has 0 amide bonds. The van der Waals surface area contributed by atoms with Crippen molar-refractivity contribution >= 4 is 21.6 Å². The quantitative estimate of drug-likeness (QED) is 0.322. The SMILES string of the molecule is CCn1c(=NN=[N+]=[N-])sc2ccccc21. The Balaban J connectivity index is 2.80. The zero-order valence-corrected chi connectivity index (χ0v) is 8.98. The van der Waals surface area contributed by atoms with Crippen LogP contribution in [0.3, 0.4) is 0 Å². The molecule has 1 aromatic heterocycles. The molecule has 1 heterocycles. The third-order valence-electron chi connectivity index (χ3n) is 2.07. The molecule has 5 nitrogen and oxygen atoms in total. The Labute approximate surface area is 89.9 Å². The van der Waals surface area contributed by atoms with E-state index >= 15 is 0 Å². The normalized spacial score (nSPS) is 11.7. The predicted octanol–water partition coefficient (Wildman–Crippen LogP) is 2.85. The van der Waals surface area contributed by atoms with E-state index in [-0.39, 0.29) is 0 Å². The lowest BCUT2D eigenvalue weighted by atomic mass is 10.3. The molecule has 0 unspecified atom stereocenters. The van der Waals surface area contributed by atoms with Crippen molar-refractivity contribution in [3.8, 4) is 0 Å². The predicted molar refractivity (Wildman–Crippen MR) is 60.2 cm³/mol. The van der Waals surface area contributed by atoms with Crippen LogP contribution < -0.4 is 4.80 Å². The van der Waals surface area contributed by atoms with Crippen LogP contribution in [-0.2, 0) is 6.54 Å². The van der Waals surface area contributed by atoms with E-state index in [1.165, 1.54) is 11.3 Å². The van der Waals surface area contributed by atoms with Gasteiger partial charge in [-0.1, -0.05) is 23.5 Å². The molecule has 2 rings (SSSR count). The van der Waals surface area contributed by atoms with E-state index in [1.54, 1.807) is 0 Å². The number of rotatable bonds is 2. The van der Waals surface area contributed by atoms with E-state index in [1.807, 2.05) is 35.8 Å². The highest BCUT2D eigenvalue weighted by Crippen LogP contribution is 2.16. The molecule has 1 aromatic carbocycles. The highest BCUT2D eigenvalue weighted by atomic mass is 32.1. The summed E-state index contributed by atoms with van der Waals surface area (Å²) in [5.41, 5.74) is 9.35. The second-order valence-corrected chi connectivity index (χ2v) is 3.88. The summed E-state index contributed by atoms with van der Waals surface area (Å²) in [6, 6.07) is 8.03. The minimum Gasteiger partial charge on any atom is -0.295 e. The summed E-state index contributed by atoms with van der Waals surface area (Å²) >= 11 is 1.52. The smallest absolute Gasteiger partial charge is 0.295 e. The van der Waals surface area contributed by atoms with E-state index < -0.39 is 0 Å². The average Bonchev–Trinajstić information content (AvgIpc) is 2.63. The molecule has 0 N–H and O–H groups in total. The third kappa shape index (κ3) is 1.72. The van der Waals surface area contributed by atoms with Gasteiger partial charge in [-0.2, -0.15) is 4.91 Å². The van der Waals surface area contributed by atoms with Crippen LogP contribution in [0.2, 0.25) is 0 Å². The van der Waals surface area contributed by atoms with Gasteiger partial charge in [0.15, 0.2) is 0 Å². The Morgan fingerprint density at radius 2 is 2.27 bits per heavy atom. The Morgan fingerprint density at radius 3 is 3.00 bits per heavy atom. The Hall–Kier alpha value is -1.78. The summed E-state index contributed by atoms with van der Waals surface area (Å²) in [6.07, 6.45) is 0. The first-order valence-electron chi connectivity index (χ1n) is 4.53. The number of aromatic nitrogens is 1. The van der Waals surface area contributed by atoms with Crippen molar-refractivity contribution < 1.29 is 0 Å². The molecule has 0 aliphatic carbocycles. The van der Waals surface area contributed by atoms with Gasteiger partial charge < -0.3 is 0 Å². The Morgan fingerprint density at radius 1 is 1.47 bits per heavy atom. The van der Waals surface area contributed by atoms with Gasteiger partial charge in [-0.05, 0) is 19.1 Å². The first kappa shape index (κ1) is 9.76. The average molecular weight is 219 g/mol. The van der Waals surface area contributed by atoms with Crippen molar-refractivity contribution in [1.82, 2.24) is 4.57 Å². The molecule has 0 saturated heterocycles. The molecule has 6 heteroatoms. The van der Waals surface area contributed by atoms with Crippen LogP contribution in [0.1, 0.15) is 6.92 Å². The fourth-order valence-electron chi connectivity index (χ4n) is 1.46. The number of para-hydroxylation sites is 1. The standard InChI is InChI=1S/C9H9N5S/c1-2-14-7-5-3-4-6-8(7)15-9(14)11-13-12-10/h3-6H,2H2,1H3. The lowest BCUT2D eigenvalue weighted by Gasteiger charge is -1.95. The van der Waals surface area contributed by atoms with Crippen molar-refractivity contribution in [2.24, 2.45) is 10.3 Å². The van der Waals surface area contributed by atoms with Crippen LogP contribution in [0.5, 0.6) is 0 Å². The number of nitrogens with zero attached hydrogens (tertiary/aromatic N) is 5. The number of azide groups is 1. The summed E-state index contributed by atoms with van der Waals surface area (Å²) in [5.74, 6) is 0. The number of benzene rings is 1. The molecule has 0 spiro atoms. The minimum absolute atomic E-state index is 0.733. The zero-order valence-electron chi connectivity index (χ0n) is 8.16. The largest absolute Gasteiger partial charge is 0.309 e. The fourth-order valence-corrected chi connectivity index (χ4v) is 2.50. The molecular weight excluding hydrogens is 210 g/mol. The number of aryl methyl sites for hydroxylation is 1.